The molecule has 4 rings (SSSR count). The fourth-order valence-corrected chi connectivity index (χ4v) is 4.78. The zero-order chi connectivity index (χ0) is 19.5. The second-order valence-electron chi connectivity index (χ2n) is 6.49. The van der Waals surface area contributed by atoms with Gasteiger partial charge in [0.25, 0.3) is 0 Å². The number of ketones is 1. The molecule has 1 aromatic heterocycles. The first kappa shape index (κ1) is 18.7. The number of hydrogen-bond acceptors (Lipinski definition) is 6. The number of thiazole rings is 1. The average molecular weight is 407 g/mol. The lowest BCUT2D eigenvalue weighted by Gasteiger charge is -2.07. The minimum Gasteiger partial charge on any atom is -0.489 e. The van der Waals surface area contributed by atoms with E-state index in [1.165, 1.54) is 28.7 Å². The van der Waals surface area contributed by atoms with E-state index in [-0.39, 0.29) is 5.78 Å². The molecule has 4 nitrogen and oxygen atoms in total. The molecule has 0 radical (unpaired) electrons. The van der Waals surface area contributed by atoms with Gasteiger partial charge in [0.1, 0.15) is 23.3 Å². The molecule has 0 spiro atoms. The number of rotatable bonds is 5. The largest absolute Gasteiger partial charge is 0.489 e. The SMILES string of the molecule is Cc1cccc(COc2ccc(C=C3SC(=N)C(c4nccs4)C3=O)cc2)c1. The third-order valence-electron chi connectivity index (χ3n) is 4.35. The summed E-state index contributed by atoms with van der Waals surface area (Å²) in [5.74, 6) is 0.181. The molecule has 0 aliphatic carbocycles. The number of allylic oxidation sites excluding steroid dienone is 1. The minimum absolute atomic E-state index is 0.0512. The van der Waals surface area contributed by atoms with Gasteiger partial charge in [-0.15, -0.1) is 11.3 Å². The van der Waals surface area contributed by atoms with Gasteiger partial charge in [-0.1, -0.05) is 53.7 Å². The first-order valence-corrected chi connectivity index (χ1v) is 10.5. The van der Waals surface area contributed by atoms with Crippen LogP contribution in [0, 0.1) is 12.3 Å². The van der Waals surface area contributed by atoms with Crippen LogP contribution in [0.2, 0.25) is 0 Å². The highest BCUT2D eigenvalue weighted by atomic mass is 32.2. The molecule has 0 amide bonds. The molecule has 1 atom stereocenters. The Morgan fingerprint density at radius 3 is 2.75 bits per heavy atom. The molecule has 0 bridgehead atoms. The summed E-state index contributed by atoms with van der Waals surface area (Å²) in [5.41, 5.74) is 3.25. The second kappa shape index (κ2) is 8.12. The molecule has 1 fully saturated rings. The molecule has 0 saturated carbocycles. The monoisotopic (exact) mass is 406 g/mol. The highest BCUT2D eigenvalue weighted by molar-refractivity contribution is 8.19. The highest BCUT2D eigenvalue weighted by Crippen LogP contribution is 2.41. The summed E-state index contributed by atoms with van der Waals surface area (Å²) >= 11 is 2.63. The Bertz CT molecular complexity index is 1040. The summed E-state index contributed by atoms with van der Waals surface area (Å²) < 4.78 is 5.84. The normalized spacial score (nSPS) is 18.0. The van der Waals surface area contributed by atoms with Crippen LogP contribution in [0.5, 0.6) is 5.75 Å². The standard InChI is InChI=1S/C22H18N2O2S2/c1-14-3-2-4-16(11-14)13-26-17-7-5-15(6-8-17)12-18-20(25)19(21(23)28-18)22-24-9-10-27-22/h2-12,19,23H,13H2,1H3. The van der Waals surface area contributed by atoms with Gasteiger partial charge >= 0.3 is 0 Å². The van der Waals surface area contributed by atoms with Gasteiger partial charge in [-0.3, -0.25) is 10.2 Å². The van der Waals surface area contributed by atoms with Crippen molar-refractivity contribution in [2.75, 3.05) is 0 Å². The Morgan fingerprint density at radius 2 is 2.04 bits per heavy atom. The number of nitrogens with one attached hydrogen (secondary N) is 1. The number of thioether (sulfide) groups is 1. The number of aryl methyl sites for hydroxylation is 1. The first-order chi connectivity index (χ1) is 13.6. The molecule has 6 heteroatoms. The van der Waals surface area contributed by atoms with Crippen LogP contribution in [-0.2, 0) is 11.4 Å². The molecular weight excluding hydrogens is 388 g/mol. The van der Waals surface area contributed by atoms with Crippen molar-refractivity contribution >= 4 is 40.0 Å². The van der Waals surface area contributed by atoms with Crippen LogP contribution >= 0.6 is 23.1 Å². The number of aromatic nitrogens is 1. The predicted octanol–water partition coefficient (Wildman–Crippen LogP) is 5.45. The van der Waals surface area contributed by atoms with Crippen molar-refractivity contribution < 1.29 is 9.53 Å². The maximum absolute atomic E-state index is 12.7. The van der Waals surface area contributed by atoms with E-state index in [4.69, 9.17) is 10.1 Å². The molecule has 1 N–H and O–H groups in total. The predicted molar refractivity (Wildman–Crippen MR) is 115 cm³/mol. The smallest absolute Gasteiger partial charge is 0.186 e. The zero-order valence-corrected chi connectivity index (χ0v) is 16.8. The molecule has 1 aliphatic heterocycles. The van der Waals surface area contributed by atoms with Crippen molar-refractivity contribution in [3.8, 4) is 5.75 Å². The van der Waals surface area contributed by atoms with Gasteiger partial charge in [-0.25, -0.2) is 4.98 Å². The first-order valence-electron chi connectivity index (χ1n) is 8.80. The summed E-state index contributed by atoms with van der Waals surface area (Å²) in [5, 5.41) is 11.0. The number of ether oxygens (including phenoxy) is 1. The Balaban J connectivity index is 1.44. The van der Waals surface area contributed by atoms with Gasteiger partial charge in [-0.05, 0) is 36.3 Å². The quantitative estimate of drug-likeness (QED) is 0.573. The fraction of sp³-hybridized carbons (Fsp3) is 0.136. The molecular formula is C22H18N2O2S2. The van der Waals surface area contributed by atoms with E-state index in [0.717, 1.165) is 16.9 Å². The lowest BCUT2D eigenvalue weighted by molar-refractivity contribution is -0.114. The number of Topliss-reactive ketones (excluding diaryl/α,β-unsaturated/α-hetero) is 1. The summed E-state index contributed by atoms with van der Waals surface area (Å²) in [7, 11) is 0. The van der Waals surface area contributed by atoms with Gasteiger partial charge < -0.3 is 4.74 Å². The molecule has 2 aromatic carbocycles. The van der Waals surface area contributed by atoms with E-state index < -0.39 is 5.92 Å². The average Bonchev–Trinajstić information content (AvgIpc) is 3.29. The highest BCUT2D eigenvalue weighted by Gasteiger charge is 2.38. The van der Waals surface area contributed by atoms with E-state index in [0.29, 0.717) is 21.6 Å². The van der Waals surface area contributed by atoms with Crippen molar-refractivity contribution in [3.63, 3.8) is 0 Å². The van der Waals surface area contributed by atoms with E-state index in [1.54, 1.807) is 6.20 Å². The molecule has 1 aliphatic rings. The lowest BCUT2D eigenvalue weighted by Crippen LogP contribution is -2.11. The van der Waals surface area contributed by atoms with Crippen molar-refractivity contribution in [1.82, 2.24) is 4.98 Å². The van der Waals surface area contributed by atoms with E-state index >= 15 is 0 Å². The molecule has 3 aromatic rings. The summed E-state index contributed by atoms with van der Waals surface area (Å²) in [6.45, 7) is 2.58. The van der Waals surface area contributed by atoms with Gasteiger partial charge in [0.15, 0.2) is 5.78 Å². The third-order valence-corrected chi connectivity index (χ3v) is 6.19. The Kier molecular flexibility index (Phi) is 5.41. The molecule has 1 unspecified atom stereocenters. The third kappa shape index (κ3) is 4.08. The summed E-state index contributed by atoms with van der Waals surface area (Å²) in [6.07, 6.45) is 3.50. The summed E-state index contributed by atoms with van der Waals surface area (Å²) in [4.78, 5) is 17.5. The van der Waals surface area contributed by atoms with Crippen molar-refractivity contribution in [2.24, 2.45) is 0 Å². The van der Waals surface area contributed by atoms with Gasteiger partial charge in [0.05, 0.1) is 9.95 Å². The second-order valence-corrected chi connectivity index (χ2v) is 8.50. The van der Waals surface area contributed by atoms with Crippen molar-refractivity contribution in [3.05, 3.63) is 86.7 Å². The van der Waals surface area contributed by atoms with Crippen LogP contribution in [0.1, 0.15) is 27.6 Å². The van der Waals surface area contributed by atoms with Gasteiger partial charge in [-0.2, -0.15) is 0 Å². The molecule has 1 saturated heterocycles. The lowest BCUT2D eigenvalue weighted by atomic mass is 10.1. The van der Waals surface area contributed by atoms with E-state index in [1.807, 2.05) is 47.9 Å². The minimum atomic E-state index is -0.548. The molecule has 2 heterocycles. The fourth-order valence-electron chi connectivity index (χ4n) is 2.97. The van der Waals surface area contributed by atoms with Crippen molar-refractivity contribution in [1.29, 1.82) is 5.41 Å². The van der Waals surface area contributed by atoms with Crippen LogP contribution in [-0.4, -0.2) is 15.8 Å². The number of benzene rings is 2. The Morgan fingerprint density at radius 1 is 1.21 bits per heavy atom. The maximum atomic E-state index is 12.7. The van der Waals surface area contributed by atoms with Crippen LogP contribution in [0.25, 0.3) is 6.08 Å². The van der Waals surface area contributed by atoms with Crippen LogP contribution in [0.3, 0.4) is 0 Å². The Labute approximate surface area is 171 Å². The Hall–Kier alpha value is -2.70. The number of carbonyl (C=O) groups excluding carboxylic acids is 1. The van der Waals surface area contributed by atoms with E-state index in [9.17, 15) is 4.79 Å². The van der Waals surface area contributed by atoms with E-state index in [2.05, 4.69) is 24.0 Å². The number of nitrogens with zero attached hydrogens (tertiary/aromatic N) is 1. The summed E-state index contributed by atoms with van der Waals surface area (Å²) in [6, 6.07) is 15.9. The van der Waals surface area contributed by atoms with Gasteiger partial charge in [0.2, 0.25) is 0 Å². The van der Waals surface area contributed by atoms with Crippen LogP contribution in [0.4, 0.5) is 0 Å². The number of carbonyl (C=O) groups is 1. The zero-order valence-electron chi connectivity index (χ0n) is 15.2. The maximum Gasteiger partial charge on any atom is 0.186 e. The molecule has 28 heavy (non-hydrogen) atoms. The van der Waals surface area contributed by atoms with Crippen LogP contribution in [0.15, 0.2) is 65.0 Å². The van der Waals surface area contributed by atoms with Crippen LogP contribution < -0.4 is 4.74 Å². The van der Waals surface area contributed by atoms with Gasteiger partial charge in [0, 0.05) is 11.6 Å². The molecule has 140 valence electrons. The topological polar surface area (TPSA) is 63.0 Å². The number of hydrogen-bond donors (Lipinski definition) is 1. The van der Waals surface area contributed by atoms with Crippen molar-refractivity contribution in [2.45, 2.75) is 19.4 Å².